The molecule has 0 radical (unpaired) electrons. The zero-order chi connectivity index (χ0) is 14.8. The average molecular weight is 280 g/mol. The first-order valence-electron chi connectivity index (χ1n) is 6.22. The monoisotopic (exact) mass is 280 g/mol. The molecule has 1 N–H and O–H groups in total. The summed E-state index contributed by atoms with van der Waals surface area (Å²) in [7, 11) is 0. The second-order valence-corrected chi connectivity index (χ2v) is 5.44. The van der Waals surface area contributed by atoms with Crippen LogP contribution in [-0.4, -0.2) is 41.0 Å². The predicted octanol–water partition coefficient (Wildman–Crippen LogP) is 1.84. The van der Waals surface area contributed by atoms with Gasteiger partial charge in [-0.25, -0.2) is 0 Å². The van der Waals surface area contributed by atoms with E-state index in [1.165, 1.54) is 4.90 Å². The van der Waals surface area contributed by atoms with Crippen LogP contribution in [0.2, 0.25) is 0 Å². The number of rotatable bonds is 3. The first-order chi connectivity index (χ1) is 8.53. The number of nitrogens with one attached hydrogen (secondary N) is 1. The zero-order valence-electron chi connectivity index (χ0n) is 11.3. The van der Waals surface area contributed by atoms with Gasteiger partial charge in [0.25, 0.3) is 0 Å². The van der Waals surface area contributed by atoms with E-state index < -0.39 is 18.1 Å². The van der Waals surface area contributed by atoms with Gasteiger partial charge in [0.05, 0.1) is 0 Å². The van der Waals surface area contributed by atoms with E-state index in [1.54, 1.807) is 20.8 Å². The van der Waals surface area contributed by atoms with Gasteiger partial charge in [-0.1, -0.05) is 0 Å². The molecule has 0 aliphatic carbocycles. The molecule has 1 rings (SSSR count). The van der Waals surface area contributed by atoms with Crippen LogP contribution in [-0.2, 0) is 9.59 Å². The summed E-state index contributed by atoms with van der Waals surface area (Å²) < 4.78 is 36.4. The molecule has 2 amide bonds. The Hall–Kier alpha value is -1.27. The summed E-state index contributed by atoms with van der Waals surface area (Å²) in [5.74, 6) is -0.600. The minimum absolute atomic E-state index is 0.0118. The Kier molecular flexibility index (Phi) is 4.47. The van der Waals surface area contributed by atoms with Crippen molar-refractivity contribution in [1.82, 2.24) is 10.2 Å². The van der Waals surface area contributed by atoms with Crippen LogP contribution in [0.4, 0.5) is 13.2 Å². The van der Waals surface area contributed by atoms with E-state index >= 15 is 0 Å². The van der Waals surface area contributed by atoms with E-state index in [2.05, 4.69) is 5.32 Å². The lowest BCUT2D eigenvalue weighted by molar-refractivity contribution is -0.144. The van der Waals surface area contributed by atoms with Gasteiger partial charge in [-0.3, -0.25) is 9.59 Å². The number of hydrogen-bond donors (Lipinski definition) is 1. The molecular weight excluding hydrogens is 261 g/mol. The molecule has 19 heavy (non-hydrogen) atoms. The van der Waals surface area contributed by atoms with E-state index in [0.29, 0.717) is 0 Å². The molecule has 4 nitrogen and oxygen atoms in total. The van der Waals surface area contributed by atoms with Gasteiger partial charge in [0.1, 0.15) is 5.54 Å². The van der Waals surface area contributed by atoms with Gasteiger partial charge in [0, 0.05) is 25.4 Å². The number of halogens is 3. The van der Waals surface area contributed by atoms with Crippen molar-refractivity contribution in [2.24, 2.45) is 0 Å². The van der Waals surface area contributed by atoms with Crippen LogP contribution in [0, 0.1) is 0 Å². The lowest BCUT2D eigenvalue weighted by atomic mass is 10.0. The topological polar surface area (TPSA) is 49.4 Å². The van der Waals surface area contributed by atoms with Crippen LogP contribution in [0.15, 0.2) is 0 Å². The van der Waals surface area contributed by atoms with Gasteiger partial charge < -0.3 is 10.2 Å². The zero-order valence-corrected chi connectivity index (χ0v) is 11.3. The number of hydrogen-bond acceptors (Lipinski definition) is 2. The third-order valence-corrected chi connectivity index (χ3v) is 3.12. The molecule has 0 aromatic heterocycles. The maximum Gasteiger partial charge on any atom is 0.389 e. The molecule has 0 saturated carbocycles. The molecule has 1 saturated heterocycles. The van der Waals surface area contributed by atoms with Gasteiger partial charge in [-0.05, 0) is 27.2 Å². The van der Waals surface area contributed by atoms with Gasteiger partial charge >= 0.3 is 6.18 Å². The molecule has 1 unspecified atom stereocenters. The van der Waals surface area contributed by atoms with Crippen LogP contribution in [0.25, 0.3) is 0 Å². The van der Waals surface area contributed by atoms with Crippen molar-refractivity contribution in [1.29, 1.82) is 0 Å². The van der Waals surface area contributed by atoms with Crippen molar-refractivity contribution in [3.63, 3.8) is 0 Å². The molecule has 0 bridgehead atoms. The fourth-order valence-electron chi connectivity index (χ4n) is 2.16. The van der Waals surface area contributed by atoms with Crippen LogP contribution in [0.3, 0.4) is 0 Å². The summed E-state index contributed by atoms with van der Waals surface area (Å²) in [6.07, 6.45) is -5.18. The SMILES string of the molecule is CC1CC(=O)NC(C)(C)C(=O)N1CCCC(F)(F)F. The molecule has 1 aliphatic heterocycles. The first-order valence-corrected chi connectivity index (χ1v) is 6.22. The Morgan fingerprint density at radius 3 is 2.47 bits per heavy atom. The van der Waals surface area contributed by atoms with Crippen LogP contribution in [0.1, 0.15) is 40.0 Å². The highest BCUT2D eigenvalue weighted by Crippen LogP contribution is 2.23. The Bertz CT molecular complexity index is 366. The highest BCUT2D eigenvalue weighted by molar-refractivity contribution is 5.93. The van der Waals surface area contributed by atoms with Crippen molar-refractivity contribution in [2.45, 2.75) is 57.8 Å². The van der Waals surface area contributed by atoms with Gasteiger partial charge in [-0.15, -0.1) is 0 Å². The average Bonchev–Trinajstić information content (AvgIpc) is 2.25. The fraction of sp³-hybridized carbons (Fsp3) is 0.833. The van der Waals surface area contributed by atoms with E-state index in [9.17, 15) is 22.8 Å². The predicted molar refractivity (Wildman–Crippen MR) is 63.3 cm³/mol. The third-order valence-electron chi connectivity index (χ3n) is 3.12. The second kappa shape index (κ2) is 5.38. The van der Waals surface area contributed by atoms with Gasteiger partial charge in [0.2, 0.25) is 11.8 Å². The quantitative estimate of drug-likeness (QED) is 0.857. The highest BCUT2D eigenvalue weighted by atomic mass is 19.4. The number of amides is 2. The Morgan fingerprint density at radius 2 is 1.95 bits per heavy atom. The molecular formula is C12H19F3N2O2. The summed E-state index contributed by atoms with van der Waals surface area (Å²) in [6, 6.07) is -0.387. The third kappa shape index (κ3) is 4.40. The molecule has 0 aromatic carbocycles. The summed E-state index contributed by atoms with van der Waals surface area (Å²) in [6.45, 7) is 4.80. The van der Waals surface area contributed by atoms with E-state index in [-0.39, 0.29) is 37.2 Å². The minimum atomic E-state index is -4.22. The number of nitrogens with zero attached hydrogens (tertiary/aromatic N) is 1. The summed E-state index contributed by atoms with van der Waals surface area (Å²) in [5.41, 5.74) is -1.07. The Morgan fingerprint density at radius 1 is 1.37 bits per heavy atom. The van der Waals surface area contributed by atoms with E-state index in [4.69, 9.17) is 0 Å². The Balaban J connectivity index is 2.73. The van der Waals surface area contributed by atoms with Gasteiger partial charge in [-0.2, -0.15) is 13.2 Å². The molecule has 0 aromatic rings. The van der Waals surface area contributed by atoms with E-state index in [0.717, 1.165) is 0 Å². The summed E-state index contributed by atoms with van der Waals surface area (Å²) in [4.78, 5) is 25.1. The molecule has 1 fully saturated rings. The lowest BCUT2D eigenvalue weighted by Crippen LogP contribution is -2.53. The van der Waals surface area contributed by atoms with Crippen molar-refractivity contribution in [3.05, 3.63) is 0 Å². The molecule has 1 heterocycles. The molecule has 1 atom stereocenters. The van der Waals surface area contributed by atoms with Crippen molar-refractivity contribution in [2.75, 3.05) is 6.54 Å². The number of carbonyl (C=O) groups excluding carboxylic acids is 2. The van der Waals surface area contributed by atoms with Gasteiger partial charge in [0.15, 0.2) is 0 Å². The van der Waals surface area contributed by atoms with Crippen molar-refractivity contribution in [3.8, 4) is 0 Å². The van der Waals surface area contributed by atoms with Crippen molar-refractivity contribution < 1.29 is 22.8 Å². The first kappa shape index (κ1) is 15.8. The highest BCUT2D eigenvalue weighted by Gasteiger charge is 2.39. The summed E-state index contributed by atoms with van der Waals surface area (Å²) >= 11 is 0. The maximum absolute atomic E-state index is 12.2. The number of carbonyl (C=O) groups is 2. The largest absolute Gasteiger partial charge is 0.389 e. The molecule has 110 valence electrons. The van der Waals surface area contributed by atoms with Crippen molar-refractivity contribution >= 4 is 11.8 Å². The van der Waals surface area contributed by atoms with Crippen LogP contribution in [0.5, 0.6) is 0 Å². The lowest BCUT2D eigenvalue weighted by Gasteiger charge is -2.32. The van der Waals surface area contributed by atoms with Crippen LogP contribution < -0.4 is 5.32 Å². The van der Waals surface area contributed by atoms with E-state index in [1.807, 2.05) is 0 Å². The van der Waals surface area contributed by atoms with Crippen LogP contribution >= 0.6 is 0 Å². The normalized spacial score (nSPS) is 24.1. The second-order valence-electron chi connectivity index (χ2n) is 5.44. The standard InChI is InChI=1S/C12H19F3N2O2/c1-8-7-9(18)16-11(2,3)10(19)17(8)6-4-5-12(13,14)15/h8H,4-7H2,1-3H3,(H,16,18). The smallest absolute Gasteiger partial charge is 0.342 e. The number of alkyl halides is 3. The molecule has 0 spiro atoms. The molecule has 1 aliphatic rings. The minimum Gasteiger partial charge on any atom is -0.342 e. The maximum atomic E-state index is 12.2. The fourth-order valence-corrected chi connectivity index (χ4v) is 2.16. The summed E-state index contributed by atoms with van der Waals surface area (Å²) in [5, 5.41) is 2.58. The Labute approximate surface area is 110 Å². The molecule has 7 heteroatoms.